The second-order valence-corrected chi connectivity index (χ2v) is 2.56. The Balaban J connectivity index is 2.57. The van der Waals surface area contributed by atoms with Crippen molar-refractivity contribution in [1.29, 1.82) is 0 Å². The average Bonchev–Trinajstić information content (AvgIpc) is 2.47. The van der Waals surface area contributed by atoms with E-state index in [-0.39, 0.29) is 5.91 Å². The Morgan fingerprint density at radius 3 is 3.17 bits per heavy atom. The van der Waals surface area contributed by atoms with Gasteiger partial charge in [-0.05, 0) is 6.07 Å². The summed E-state index contributed by atoms with van der Waals surface area (Å²) < 4.78 is 0. The van der Waals surface area contributed by atoms with E-state index in [1.807, 2.05) is 0 Å². The number of aldehydes is 1. The number of fused-ring (bicyclic) bond motifs is 1. The Labute approximate surface area is 68.6 Å². The van der Waals surface area contributed by atoms with Crippen molar-refractivity contribution in [2.75, 3.05) is 0 Å². The third-order valence-corrected chi connectivity index (χ3v) is 1.79. The van der Waals surface area contributed by atoms with Gasteiger partial charge in [-0.1, -0.05) is 0 Å². The molecular weight excluding hydrogens is 156 g/mol. The number of aromatic nitrogens is 1. The van der Waals surface area contributed by atoms with Crippen molar-refractivity contribution >= 4 is 12.2 Å². The van der Waals surface area contributed by atoms with Crippen molar-refractivity contribution in [2.45, 2.75) is 6.54 Å². The smallest absolute Gasteiger partial charge is 0.253 e. The summed E-state index contributed by atoms with van der Waals surface area (Å²) in [6.45, 7) is 0.466. The number of hydrogen-bond acceptors (Lipinski definition) is 3. The first-order valence-corrected chi connectivity index (χ1v) is 3.53. The third kappa shape index (κ3) is 0.887. The summed E-state index contributed by atoms with van der Waals surface area (Å²) in [6, 6.07) is 1.55. The summed E-state index contributed by atoms with van der Waals surface area (Å²) >= 11 is 0. The maximum atomic E-state index is 11.1. The Kier molecular flexibility index (Phi) is 1.40. The van der Waals surface area contributed by atoms with Crippen molar-refractivity contribution in [3.63, 3.8) is 0 Å². The first-order chi connectivity index (χ1) is 5.81. The number of nitrogens with zero attached hydrogens (tertiary/aromatic N) is 1. The first-order valence-electron chi connectivity index (χ1n) is 3.53. The minimum atomic E-state index is -0.152. The van der Waals surface area contributed by atoms with E-state index >= 15 is 0 Å². The number of hydrogen-bond donors (Lipinski definition) is 1. The lowest BCUT2D eigenvalue weighted by Crippen LogP contribution is -2.12. The van der Waals surface area contributed by atoms with Crippen molar-refractivity contribution in [1.82, 2.24) is 10.3 Å². The Morgan fingerprint density at radius 1 is 1.58 bits per heavy atom. The second kappa shape index (κ2) is 2.41. The molecule has 2 rings (SSSR count). The molecule has 1 aliphatic rings. The van der Waals surface area contributed by atoms with Crippen molar-refractivity contribution < 1.29 is 9.59 Å². The van der Waals surface area contributed by atoms with Gasteiger partial charge in [0.15, 0.2) is 6.29 Å². The quantitative estimate of drug-likeness (QED) is 0.597. The van der Waals surface area contributed by atoms with Crippen LogP contribution in [0.15, 0.2) is 12.3 Å². The first kappa shape index (κ1) is 6.97. The van der Waals surface area contributed by atoms with E-state index in [0.717, 1.165) is 0 Å². The van der Waals surface area contributed by atoms with E-state index in [1.165, 1.54) is 6.20 Å². The molecule has 1 N–H and O–H groups in total. The molecule has 4 heteroatoms. The van der Waals surface area contributed by atoms with E-state index in [9.17, 15) is 9.59 Å². The fourth-order valence-corrected chi connectivity index (χ4v) is 1.17. The molecule has 0 aromatic carbocycles. The highest BCUT2D eigenvalue weighted by atomic mass is 16.2. The second-order valence-electron chi connectivity index (χ2n) is 2.56. The van der Waals surface area contributed by atoms with Crippen LogP contribution in [0.1, 0.15) is 26.4 Å². The molecule has 0 aliphatic carbocycles. The maximum Gasteiger partial charge on any atom is 0.253 e. The summed E-state index contributed by atoms with van der Waals surface area (Å²) in [5.41, 5.74) is 1.66. The topological polar surface area (TPSA) is 59.1 Å². The van der Waals surface area contributed by atoms with Crippen LogP contribution in [0.4, 0.5) is 0 Å². The lowest BCUT2D eigenvalue weighted by molar-refractivity contribution is 0.0965. The van der Waals surface area contributed by atoms with E-state index in [2.05, 4.69) is 10.3 Å². The minimum Gasteiger partial charge on any atom is -0.346 e. The highest BCUT2D eigenvalue weighted by Gasteiger charge is 2.19. The van der Waals surface area contributed by atoms with Crippen LogP contribution in [-0.2, 0) is 6.54 Å². The minimum absolute atomic E-state index is 0.152. The third-order valence-electron chi connectivity index (χ3n) is 1.79. The lowest BCUT2D eigenvalue weighted by atomic mass is 10.2. The van der Waals surface area contributed by atoms with Crippen LogP contribution in [0.25, 0.3) is 0 Å². The zero-order chi connectivity index (χ0) is 8.55. The molecule has 1 aliphatic heterocycles. The van der Waals surface area contributed by atoms with Crippen molar-refractivity contribution in [2.24, 2.45) is 0 Å². The molecule has 0 bridgehead atoms. The average molecular weight is 162 g/mol. The van der Waals surface area contributed by atoms with Crippen LogP contribution < -0.4 is 5.32 Å². The standard InChI is InChI=1S/C8H6N2O2/c11-4-5-1-6-7(9-2-5)3-10-8(6)12/h1-2,4H,3H2,(H,10,12). The molecule has 0 radical (unpaired) electrons. The van der Waals surface area contributed by atoms with Crippen LogP contribution in [0, 0.1) is 0 Å². The Bertz CT molecular complexity index is 360. The number of pyridine rings is 1. The van der Waals surface area contributed by atoms with Gasteiger partial charge in [-0.3, -0.25) is 14.6 Å². The van der Waals surface area contributed by atoms with E-state index in [1.54, 1.807) is 6.07 Å². The Hall–Kier alpha value is -1.71. The van der Waals surface area contributed by atoms with Gasteiger partial charge in [-0.2, -0.15) is 0 Å². The summed E-state index contributed by atoms with van der Waals surface area (Å²) in [5, 5.41) is 2.62. The van der Waals surface area contributed by atoms with E-state index < -0.39 is 0 Å². The molecule has 0 saturated heterocycles. The van der Waals surface area contributed by atoms with E-state index in [0.29, 0.717) is 29.7 Å². The number of rotatable bonds is 1. The zero-order valence-corrected chi connectivity index (χ0v) is 6.20. The van der Waals surface area contributed by atoms with Crippen LogP contribution >= 0.6 is 0 Å². The zero-order valence-electron chi connectivity index (χ0n) is 6.20. The van der Waals surface area contributed by atoms with Gasteiger partial charge >= 0.3 is 0 Å². The highest BCUT2D eigenvalue weighted by molar-refractivity contribution is 5.98. The molecule has 0 saturated carbocycles. The SMILES string of the molecule is O=Cc1cnc2c(c1)C(=O)NC2. The van der Waals surface area contributed by atoms with Crippen LogP contribution in [0.5, 0.6) is 0 Å². The molecule has 1 aromatic rings. The van der Waals surface area contributed by atoms with Crippen LogP contribution in [-0.4, -0.2) is 17.2 Å². The van der Waals surface area contributed by atoms with Gasteiger partial charge in [0.2, 0.25) is 0 Å². The molecule has 1 aromatic heterocycles. The normalized spacial score (nSPS) is 13.8. The van der Waals surface area contributed by atoms with Gasteiger partial charge in [-0.15, -0.1) is 0 Å². The molecule has 0 atom stereocenters. The molecule has 0 unspecified atom stereocenters. The van der Waals surface area contributed by atoms with Gasteiger partial charge in [0.05, 0.1) is 17.8 Å². The lowest BCUT2D eigenvalue weighted by Gasteiger charge is -1.93. The van der Waals surface area contributed by atoms with Gasteiger partial charge in [0.1, 0.15) is 0 Å². The maximum absolute atomic E-state index is 11.1. The fourth-order valence-electron chi connectivity index (χ4n) is 1.17. The Morgan fingerprint density at radius 2 is 2.42 bits per heavy atom. The fraction of sp³-hybridized carbons (Fsp3) is 0.125. The predicted molar refractivity (Wildman–Crippen MR) is 40.8 cm³/mol. The van der Waals surface area contributed by atoms with Crippen molar-refractivity contribution in [3.8, 4) is 0 Å². The number of carbonyl (C=O) groups is 2. The van der Waals surface area contributed by atoms with Crippen molar-refractivity contribution in [3.05, 3.63) is 29.1 Å². The van der Waals surface area contributed by atoms with Gasteiger partial charge < -0.3 is 5.32 Å². The predicted octanol–water partition coefficient (Wildman–Crippen LogP) is 0.138. The molecule has 60 valence electrons. The van der Waals surface area contributed by atoms with Gasteiger partial charge in [0, 0.05) is 11.8 Å². The molecule has 4 nitrogen and oxygen atoms in total. The molecule has 12 heavy (non-hydrogen) atoms. The van der Waals surface area contributed by atoms with Crippen LogP contribution in [0.3, 0.4) is 0 Å². The summed E-state index contributed by atoms with van der Waals surface area (Å²) in [7, 11) is 0. The monoisotopic (exact) mass is 162 g/mol. The molecular formula is C8H6N2O2. The number of nitrogens with one attached hydrogen (secondary N) is 1. The largest absolute Gasteiger partial charge is 0.346 e. The number of carbonyl (C=O) groups excluding carboxylic acids is 2. The molecule has 0 fully saturated rings. The summed E-state index contributed by atoms with van der Waals surface area (Å²) in [4.78, 5) is 25.4. The summed E-state index contributed by atoms with van der Waals surface area (Å²) in [5.74, 6) is -0.152. The van der Waals surface area contributed by atoms with Crippen LogP contribution in [0.2, 0.25) is 0 Å². The number of amides is 1. The van der Waals surface area contributed by atoms with E-state index in [4.69, 9.17) is 0 Å². The highest BCUT2D eigenvalue weighted by Crippen LogP contribution is 2.12. The van der Waals surface area contributed by atoms with Gasteiger partial charge in [-0.25, -0.2) is 0 Å². The summed E-state index contributed by atoms with van der Waals surface area (Å²) in [6.07, 6.45) is 2.14. The molecule has 0 spiro atoms. The van der Waals surface area contributed by atoms with Gasteiger partial charge in [0.25, 0.3) is 5.91 Å². The molecule has 1 amide bonds. The molecule has 2 heterocycles.